The summed E-state index contributed by atoms with van der Waals surface area (Å²) in [5, 5.41) is 3.22. The Balaban J connectivity index is 0.00000128. The molecule has 2 rings (SSSR count). The molecule has 0 aliphatic rings. The van der Waals surface area contributed by atoms with E-state index in [0.717, 1.165) is 12.2 Å². The van der Waals surface area contributed by atoms with Gasteiger partial charge in [0.25, 0.3) is 0 Å². The van der Waals surface area contributed by atoms with E-state index in [4.69, 9.17) is 0 Å². The summed E-state index contributed by atoms with van der Waals surface area (Å²) >= 11 is 0. The summed E-state index contributed by atoms with van der Waals surface area (Å²) < 4.78 is 12.6. The van der Waals surface area contributed by atoms with Gasteiger partial charge < -0.3 is 5.32 Å². The van der Waals surface area contributed by atoms with Crippen molar-refractivity contribution >= 4 is 18.1 Å². The van der Waals surface area contributed by atoms with Crippen LogP contribution in [0.4, 0.5) is 10.1 Å². The number of rotatable bonds is 3. The molecule has 1 N–H and O–H groups in total. The fourth-order valence-electron chi connectivity index (χ4n) is 1.37. The van der Waals surface area contributed by atoms with Crippen LogP contribution in [0, 0.1) is 5.82 Å². The number of nitrogens with one attached hydrogen (secondary N) is 1. The monoisotopic (exact) mass is 237 g/mol. The fourth-order valence-corrected chi connectivity index (χ4v) is 1.37. The lowest BCUT2D eigenvalue weighted by Gasteiger charge is -2.05. The molecular weight excluding hydrogens is 225 g/mol. The number of anilines is 1. The highest BCUT2D eigenvalue weighted by Gasteiger charge is 1.93. The lowest BCUT2D eigenvalue weighted by atomic mass is 10.2. The normalized spacial score (nSPS) is 9.31. The Labute approximate surface area is 101 Å². The lowest BCUT2D eigenvalue weighted by Crippen LogP contribution is -1.98. The van der Waals surface area contributed by atoms with Crippen LogP contribution >= 0.6 is 12.4 Å². The Hall–Kier alpha value is -1.54. The minimum Gasteiger partial charge on any atom is -0.381 e. The predicted molar refractivity (Wildman–Crippen MR) is 67.4 cm³/mol. The molecule has 1 nitrogen and oxygen atoms in total. The molecule has 0 amide bonds. The zero-order chi connectivity index (χ0) is 10.5. The van der Waals surface area contributed by atoms with Gasteiger partial charge in [-0.1, -0.05) is 30.3 Å². The Kier molecular flexibility index (Phi) is 4.80. The number of hydrogen-bond acceptors (Lipinski definition) is 1. The molecule has 0 fully saturated rings. The summed E-state index contributed by atoms with van der Waals surface area (Å²) in [6, 6.07) is 16.5. The Bertz CT molecular complexity index is 414. The number of halogens is 2. The molecule has 84 valence electrons. The van der Waals surface area contributed by atoms with Gasteiger partial charge in [0.1, 0.15) is 5.82 Å². The van der Waals surface area contributed by atoms with Crippen LogP contribution in [-0.4, -0.2) is 0 Å². The van der Waals surface area contributed by atoms with Crippen molar-refractivity contribution < 1.29 is 4.39 Å². The first-order chi connectivity index (χ1) is 7.34. The van der Waals surface area contributed by atoms with Gasteiger partial charge in [-0.15, -0.1) is 12.4 Å². The largest absolute Gasteiger partial charge is 0.381 e. The van der Waals surface area contributed by atoms with E-state index in [-0.39, 0.29) is 18.2 Å². The van der Waals surface area contributed by atoms with E-state index in [1.165, 1.54) is 17.7 Å². The zero-order valence-electron chi connectivity index (χ0n) is 8.69. The molecule has 16 heavy (non-hydrogen) atoms. The molecule has 2 aromatic rings. The summed E-state index contributed by atoms with van der Waals surface area (Å²) in [7, 11) is 0. The topological polar surface area (TPSA) is 12.0 Å². The Morgan fingerprint density at radius 3 is 2.12 bits per heavy atom. The van der Waals surface area contributed by atoms with Crippen molar-refractivity contribution in [1.29, 1.82) is 0 Å². The van der Waals surface area contributed by atoms with Gasteiger partial charge in [-0.3, -0.25) is 0 Å². The van der Waals surface area contributed by atoms with Gasteiger partial charge in [-0.05, 0) is 29.8 Å². The van der Waals surface area contributed by atoms with Crippen molar-refractivity contribution in [3.8, 4) is 0 Å². The summed E-state index contributed by atoms with van der Waals surface area (Å²) in [5.41, 5.74) is 2.14. The Morgan fingerprint density at radius 2 is 1.50 bits per heavy atom. The zero-order valence-corrected chi connectivity index (χ0v) is 9.51. The molecular formula is C13H13ClFN. The maximum atomic E-state index is 12.6. The molecule has 0 atom stereocenters. The van der Waals surface area contributed by atoms with Crippen molar-refractivity contribution in [3.05, 3.63) is 66.0 Å². The van der Waals surface area contributed by atoms with Crippen molar-refractivity contribution in [2.24, 2.45) is 0 Å². The van der Waals surface area contributed by atoms with E-state index < -0.39 is 0 Å². The van der Waals surface area contributed by atoms with Gasteiger partial charge >= 0.3 is 0 Å². The maximum Gasteiger partial charge on any atom is 0.123 e. The van der Waals surface area contributed by atoms with Crippen molar-refractivity contribution in [2.75, 3.05) is 5.32 Å². The lowest BCUT2D eigenvalue weighted by molar-refractivity contribution is 0.628. The molecule has 0 heterocycles. The van der Waals surface area contributed by atoms with E-state index in [1.807, 2.05) is 18.2 Å². The summed E-state index contributed by atoms with van der Waals surface area (Å²) in [6.07, 6.45) is 0. The van der Waals surface area contributed by atoms with Crippen LogP contribution in [0.2, 0.25) is 0 Å². The molecule has 0 spiro atoms. The fraction of sp³-hybridized carbons (Fsp3) is 0.0769. The van der Waals surface area contributed by atoms with E-state index in [1.54, 1.807) is 12.1 Å². The highest BCUT2D eigenvalue weighted by atomic mass is 35.5. The third kappa shape index (κ3) is 3.55. The van der Waals surface area contributed by atoms with Gasteiger partial charge in [0, 0.05) is 12.2 Å². The van der Waals surface area contributed by atoms with Crippen LogP contribution in [0.15, 0.2) is 54.6 Å². The molecule has 0 aliphatic heterocycles. The first-order valence-electron chi connectivity index (χ1n) is 4.88. The van der Waals surface area contributed by atoms with Crippen molar-refractivity contribution in [1.82, 2.24) is 0 Å². The van der Waals surface area contributed by atoms with Crippen molar-refractivity contribution in [3.63, 3.8) is 0 Å². The first kappa shape index (κ1) is 12.5. The van der Waals surface area contributed by atoms with E-state index in [0.29, 0.717) is 0 Å². The van der Waals surface area contributed by atoms with E-state index in [2.05, 4.69) is 17.4 Å². The highest BCUT2D eigenvalue weighted by Crippen LogP contribution is 2.10. The van der Waals surface area contributed by atoms with Crippen LogP contribution in [-0.2, 0) is 6.54 Å². The highest BCUT2D eigenvalue weighted by molar-refractivity contribution is 5.85. The molecule has 0 aliphatic carbocycles. The van der Waals surface area contributed by atoms with Crippen molar-refractivity contribution in [2.45, 2.75) is 6.54 Å². The molecule has 3 heteroatoms. The van der Waals surface area contributed by atoms with Crippen LogP contribution in [0.5, 0.6) is 0 Å². The molecule has 0 bridgehead atoms. The average Bonchev–Trinajstić information content (AvgIpc) is 2.30. The Morgan fingerprint density at radius 1 is 0.875 bits per heavy atom. The quantitative estimate of drug-likeness (QED) is 0.855. The molecule has 2 aromatic carbocycles. The molecule has 0 aromatic heterocycles. The standard InChI is InChI=1S/C13H12FN.ClH/c14-12-6-8-13(9-7-12)15-10-11-4-2-1-3-5-11;/h1-9,15H,10H2;1H. The first-order valence-corrected chi connectivity index (χ1v) is 4.88. The third-order valence-electron chi connectivity index (χ3n) is 2.18. The van der Waals surface area contributed by atoms with Gasteiger partial charge in [-0.2, -0.15) is 0 Å². The van der Waals surface area contributed by atoms with Gasteiger partial charge in [-0.25, -0.2) is 4.39 Å². The molecule has 0 saturated carbocycles. The number of benzene rings is 2. The van der Waals surface area contributed by atoms with Gasteiger partial charge in [0.05, 0.1) is 0 Å². The summed E-state index contributed by atoms with van der Waals surface area (Å²) in [5.74, 6) is -0.208. The maximum absolute atomic E-state index is 12.6. The van der Waals surface area contributed by atoms with Crippen LogP contribution in [0.3, 0.4) is 0 Å². The second-order valence-corrected chi connectivity index (χ2v) is 3.35. The smallest absolute Gasteiger partial charge is 0.123 e. The second kappa shape index (κ2) is 6.13. The van der Waals surface area contributed by atoms with Crippen LogP contribution in [0.25, 0.3) is 0 Å². The average molecular weight is 238 g/mol. The SMILES string of the molecule is Cl.Fc1ccc(NCc2ccccc2)cc1. The third-order valence-corrected chi connectivity index (χ3v) is 2.18. The molecule has 0 saturated heterocycles. The molecule has 0 radical (unpaired) electrons. The van der Waals surface area contributed by atoms with E-state index >= 15 is 0 Å². The summed E-state index contributed by atoms with van der Waals surface area (Å²) in [6.45, 7) is 0.756. The minimum absolute atomic E-state index is 0. The van der Waals surface area contributed by atoms with Gasteiger partial charge in [0.2, 0.25) is 0 Å². The summed E-state index contributed by atoms with van der Waals surface area (Å²) in [4.78, 5) is 0. The second-order valence-electron chi connectivity index (χ2n) is 3.35. The minimum atomic E-state index is -0.208. The van der Waals surface area contributed by atoms with Gasteiger partial charge in [0.15, 0.2) is 0 Å². The van der Waals surface area contributed by atoms with Crippen LogP contribution < -0.4 is 5.32 Å². The van der Waals surface area contributed by atoms with E-state index in [9.17, 15) is 4.39 Å². The van der Waals surface area contributed by atoms with Crippen LogP contribution in [0.1, 0.15) is 5.56 Å². The molecule has 0 unspecified atom stereocenters. The predicted octanol–water partition coefficient (Wildman–Crippen LogP) is 3.86. The number of hydrogen-bond donors (Lipinski definition) is 1.